The average Bonchev–Trinajstić information content (AvgIpc) is 2.83. The molecule has 0 aromatic heterocycles. The molecule has 2 N–H and O–H groups in total. The van der Waals surface area contributed by atoms with Crippen LogP contribution in [0.15, 0.2) is 0 Å². The predicted octanol–water partition coefficient (Wildman–Crippen LogP) is 9.95. The van der Waals surface area contributed by atoms with Crippen molar-refractivity contribution in [3.8, 4) is 0 Å². The second-order valence-corrected chi connectivity index (χ2v) is 10.6. The summed E-state index contributed by atoms with van der Waals surface area (Å²) in [6, 6.07) is 0. The Hall–Kier alpha value is -0.220. The van der Waals surface area contributed by atoms with E-state index in [1.807, 2.05) is 0 Å². The number of hydrogen-bond acceptors (Lipinski definition) is 3. The minimum Gasteiger partial charge on any atom is -0.289 e. The molecule has 0 unspecified atom stereocenters. The van der Waals surface area contributed by atoms with Crippen LogP contribution in [0.25, 0.3) is 0 Å². The molecule has 0 heterocycles. The van der Waals surface area contributed by atoms with Crippen LogP contribution < -0.4 is 5.48 Å². The first-order valence-corrected chi connectivity index (χ1v) is 15.5. The molecular weight excluding hydrogens is 426 g/mol. The summed E-state index contributed by atoms with van der Waals surface area (Å²) in [5.41, 5.74) is 1.69. The topological polar surface area (TPSA) is 49.3 Å². The Kier molecular flexibility index (Phi) is 29.6. The van der Waals surface area contributed by atoms with E-state index in [-0.39, 0.29) is 5.91 Å². The van der Waals surface area contributed by atoms with Gasteiger partial charge in [-0.25, -0.2) is 5.48 Å². The van der Waals surface area contributed by atoms with Crippen molar-refractivity contribution >= 4 is 18.5 Å². The Bertz CT molecular complexity index is 379. The van der Waals surface area contributed by atoms with Gasteiger partial charge in [0.05, 0.1) is 0 Å². The third-order valence-corrected chi connectivity index (χ3v) is 7.25. The van der Waals surface area contributed by atoms with Crippen LogP contribution in [0.1, 0.15) is 173 Å². The molecule has 0 bridgehead atoms. The van der Waals surface area contributed by atoms with E-state index in [1.165, 1.54) is 154 Å². The molecule has 0 aromatic carbocycles. The molecule has 3 nitrogen and oxygen atoms in total. The van der Waals surface area contributed by atoms with E-state index in [9.17, 15) is 4.79 Å². The zero-order valence-corrected chi connectivity index (χ0v) is 23.0. The van der Waals surface area contributed by atoms with Crippen LogP contribution in [0.5, 0.6) is 0 Å². The number of rotatable bonds is 28. The van der Waals surface area contributed by atoms with Crippen molar-refractivity contribution < 1.29 is 10.0 Å². The highest BCUT2D eigenvalue weighted by Crippen LogP contribution is 2.16. The van der Waals surface area contributed by atoms with E-state index < -0.39 is 0 Å². The minimum absolute atomic E-state index is 0.256. The fourth-order valence-electron chi connectivity index (χ4n) is 4.70. The number of amides is 1. The molecule has 0 saturated carbocycles. The number of nitrogens with one attached hydrogen (secondary N) is 1. The molecule has 0 atom stereocenters. The van der Waals surface area contributed by atoms with Gasteiger partial charge in [-0.1, -0.05) is 154 Å². The summed E-state index contributed by atoms with van der Waals surface area (Å²) in [6.45, 7) is 0. The molecule has 0 spiro atoms. The number of thiol groups is 1. The Morgan fingerprint density at radius 1 is 0.424 bits per heavy atom. The van der Waals surface area contributed by atoms with E-state index >= 15 is 0 Å². The minimum atomic E-state index is -0.256. The first-order valence-electron chi connectivity index (χ1n) is 14.8. The van der Waals surface area contributed by atoms with Crippen LogP contribution in [0, 0.1) is 0 Å². The number of carbonyl (C=O) groups excluding carboxylic acids is 1. The van der Waals surface area contributed by atoms with Crippen LogP contribution in [0.3, 0.4) is 0 Å². The highest BCUT2D eigenvalue weighted by Gasteiger charge is 1.99. The summed E-state index contributed by atoms with van der Waals surface area (Å²) >= 11 is 4.27. The standard InChI is InChI=1S/C29H59NO2S/c31-29(30-32)27-25-23-21-19-17-15-13-11-9-7-5-3-1-2-4-6-8-10-12-14-16-18-20-22-24-26-28-33/h32-33H,1-28H2,(H,30,31). The zero-order valence-electron chi connectivity index (χ0n) is 22.1. The number of hydroxylamine groups is 1. The number of unbranched alkanes of at least 4 members (excludes halogenated alkanes) is 25. The molecule has 0 saturated heterocycles. The monoisotopic (exact) mass is 485 g/mol. The summed E-state index contributed by atoms with van der Waals surface area (Å²) in [5, 5.41) is 8.43. The van der Waals surface area contributed by atoms with Gasteiger partial charge in [-0.15, -0.1) is 0 Å². The Morgan fingerprint density at radius 2 is 0.636 bits per heavy atom. The molecule has 0 aliphatic rings. The van der Waals surface area contributed by atoms with Crippen molar-refractivity contribution in [1.82, 2.24) is 5.48 Å². The SMILES string of the molecule is O=C(CCCCCCCCCCCCCCCCCCCCCCCCCCCCS)NO. The van der Waals surface area contributed by atoms with E-state index in [1.54, 1.807) is 5.48 Å². The van der Waals surface area contributed by atoms with Crippen molar-refractivity contribution in [3.05, 3.63) is 0 Å². The van der Waals surface area contributed by atoms with Crippen molar-refractivity contribution in [2.24, 2.45) is 0 Å². The van der Waals surface area contributed by atoms with Crippen molar-refractivity contribution in [2.75, 3.05) is 5.75 Å². The van der Waals surface area contributed by atoms with Gasteiger partial charge in [0.15, 0.2) is 0 Å². The molecule has 0 aliphatic heterocycles. The second-order valence-electron chi connectivity index (χ2n) is 10.2. The fraction of sp³-hybridized carbons (Fsp3) is 0.966. The largest absolute Gasteiger partial charge is 0.289 e. The lowest BCUT2D eigenvalue weighted by atomic mass is 10.0. The maximum atomic E-state index is 10.9. The van der Waals surface area contributed by atoms with Gasteiger partial charge >= 0.3 is 0 Å². The van der Waals surface area contributed by atoms with Gasteiger partial charge in [-0.3, -0.25) is 10.0 Å². The zero-order chi connectivity index (χ0) is 24.1. The summed E-state index contributed by atoms with van der Waals surface area (Å²) in [6.07, 6.45) is 36.3. The summed E-state index contributed by atoms with van der Waals surface area (Å²) < 4.78 is 0. The molecule has 198 valence electrons. The van der Waals surface area contributed by atoms with E-state index in [0.717, 1.165) is 18.6 Å². The van der Waals surface area contributed by atoms with Gasteiger partial charge < -0.3 is 0 Å². The molecule has 1 amide bonds. The Morgan fingerprint density at radius 3 is 0.848 bits per heavy atom. The number of carbonyl (C=O) groups is 1. The van der Waals surface area contributed by atoms with E-state index in [2.05, 4.69) is 12.6 Å². The van der Waals surface area contributed by atoms with Crippen molar-refractivity contribution in [1.29, 1.82) is 0 Å². The van der Waals surface area contributed by atoms with E-state index in [4.69, 9.17) is 5.21 Å². The average molecular weight is 486 g/mol. The van der Waals surface area contributed by atoms with Gasteiger partial charge in [0.25, 0.3) is 0 Å². The third-order valence-electron chi connectivity index (χ3n) is 6.94. The van der Waals surface area contributed by atoms with Gasteiger partial charge in [-0.2, -0.15) is 12.6 Å². The van der Waals surface area contributed by atoms with Gasteiger partial charge in [0.1, 0.15) is 0 Å². The highest BCUT2D eigenvalue weighted by molar-refractivity contribution is 7.80. The maximum Gasteiger partial charge on any atom is 0.243 e. The molecule has 0 aromatic rings. The lowest BCUT2D eigenvalue weighted by molar-refractivity contribution is -0.129. The lowest BCUT2D eigenvalue weighted by Crippen LogP contribution is -2.17. The van der Waals surface area contributed by atoms with Crippen LogP contribution in [0.4, 0.5) is 0 Å². The summed E-state index contributed by atoms with van der Waals surface area (Å²) in [7, 11) is 0. The van der Waals surface area contributed by atoms with Crippen LogP contribution in [0.2, 0.25) is 0 Å². The molecule has 0 fully saturated rings. The lowest BCUT2D eigenvalue weighted by Gasteiger charge is -2.04. The first kappa shape index (κ1) is 32.8. The molecule has 33 heavy (non-hydrogen) atoms. The quantitative estimate of drug-likeness (QED) is 0.0447. The third kappa shape index (κ3) is 29.7. The number of hydrogen-bond donors (Lipinski definition) is 3. The second kappa shape index (κ2) is 29.8. The predicted molar refractivity (Wildman–Crippen MR) is 148 cm³/mol. The van der Waals surface area contributed by atoms with Crippen LogP contribution >= 0.6 is 12.6 Å². The molecule has 0 radical (unpaired) electrons. The Balaban J connectivity index is 3.02. The molecule has 0 aliphatic carbocycles. The smallest absolute Gasteiger partial charge is 0.243 e. The molecule has 4 heteroatoms. The van der Waals surface area contributed by atoms with Gasteiger partial charge in [0, 0.05) is 6.42 Å². The molecule has 0 rings (SSSR count). The Labute approximate surface area is 213 Å². The van der Waals surface area contributed by atoms with Gasteiger partial charge in [-0.05, 0) is 18.6 Å². The van der Waals surface area contributed by atoms with Crippen molar-refractivity contribution in [2.45, 2.75) is 173 Å². The summed E-state index contributed by atoms with van der Waals surface area (Å²) in [5.74, 6) is 0.801. The highest BCUT2D eigenvalue weighted by atomic mass is 32.1. The van der Waals surface area contributed by atoms with E-state index in [0.29, 0.717) is 6.42 Å². The normalized spacial score (nSPS) is 11.2. The molecular formula is C29H59NO2S. The van der Waals surface area contributed by atoms with Crippen molar-refractivity contribution in [3.63, 3.8) is 0 Å². The van der Waals surface area contributed by atoms with Crippen LogP contribution in [-0.4, -0.2) is 16.9 Å². The summed E-state index contributed by atoms with van der Waals surface area (Å²) in [4.78, 5) is 10.9. The first-order chi connectivity index (χ1) is 16.3. The fourth-order valence-corrected chi connectivity index (χ4v) is 4.92. The maximum absolute atomic E-state index is 10.9. The van der Waals surface area contributed by atoms with Crippen LogP contribution in [-0.2, 0) is 4.79 Å². The van der Waals surface area contributed by atoms with Gasteiger partial charge in [0.2, 0.25) is 5.91 Å².